The SMILES string of the molecule is CCc1nc2cccc(F)c2nc1OC1CC2C(=O)NC3(C(=O)NS(=O)(=O)C4CC4)CC3/C=C\CCCCCC(NC(=O)c3cnc(C)cn3)C(=O)N2C1. The summed E-state index contributed by atoms with van der Waals surface area (Å²) in [6.45, 7) is 3.47. The molecule has 0 radical (unpaired) electrons. The van der Waals surface area contributed by atoms with Crippen LogP contribution in [0.3, 0.4) is 0 Å². The summed E-state index contributed by atoms with van der Waals surface area (Å²) in [5, 5.41) is 4.99. The van der Waals surface area contributed by atoms with Gasteiger partial charge in [-0.05, 0) is 64.0 Å². The second kappa shape index (κ2) is 15.0. The molecular weight excluding hydrogens is 720 g/mol. The molecule has 7 rings (SSSR count). The van der Waals surface area contributed by atoms with Gasteiger partial charge in [0.2, 0.25) is 27.7 Å². The van der Waals surface area contributed by atoms with E-state index < -0.39 is 74.4 Å². The van der Waals surface area contributed by atoms with E-state index in [1.54, 1.807) is 13.0 Å². The van der Waals surface area contributed by atoms with E-state index in [1.165, 1.54) is 29.4 Å². The predicted molar refractivity (Wildman–Crippen MR) is 193 cm³/mol. The van der Waals surface area contributed by atoms with Crippen molar-refractivity contribution in [1.29, 1.82) is 0 Å². The molecule has 2 saturated carbocycles. The highest BCUT2D eigenvalue weighted by Crippen LogP contribution is 2.46. The molecule has 5 atom stereocenters. The molecule has 2 aliphatic carbocycles. The normalized spacial score (nSPS) is 26.8. The van der Waals surface area contributed by atoms with E-state index in [4.69, 9.17) is 4.74 Å². The summed E-state index contributed by atoms with van der Waals surface area (Å²) < 4.78 is 48.9. The molecule has 5 unspecified atom stereocenters. The minimum Gasteiger partial charge on any atom is -0.471 e. The number of nitrogens with one attached hydrogen (secondary N) is 3. The molecule has 3 aromatic rings. The number of para-hydroxylation sites is 1. The number of ether oxygens (including phenoxy) is 1. The van der Waals surface area contributed by atoms with Gasteiger partial charge in [0.25, 0.3) is 11.8 Å². The summed E-state index contributed by atoms with van der Waals surface area (Å²) in [5.41, 5.74) is -0.0905. The van der Waals surface area contributed by atoms with Crippen molar-refractivity contribution in [3.63, 3.8) is 0 Å². The Labute approximate surface area is 312 Å². The first-order chi connectivity index (χ1) is 25.9. The Morgan fingerprint density at radius 2 is 1.91 bits per heavy atom. The Kier molecular flexibility index (Phi) is 10.3. The van der Waals surface area contributed by atoms with E-state index in [-0.39, 0.29) is 42.9 Å². The predicted octanol–water partition coefficient (Wildman–Crippen LogP) is 2.58. The molecule has 15 nitrogen and oxygen atoms in total. The van der Waals surface area contributed by atoms with Crippen molar-refractivity contribution in [3.05, 3.63) is 65.6 Å². The molecule has 54 heavy (non-hydrogen) atoms. The van der Waals surface area contributed by atoms with Crippen LogP contribution < -0.4 is 20.1 Å². The number of nitrogens with zero attached hydrogens (tertiary/aromatic N) is 5. The van der Waals surface area contributed by atoms with Crippen LogP contribution in [0.5, 0.6) is 5.88 Å². The Bertz CT molecular complexity index is 2110. The number of rotatable bonds is 8. The van der Waals surface area contributed by atoms with Gasteiger partial charge in [-0.3, -0.25) is 28.9 Å². The van der Waals surface area contributed by atoms with Gasteiger partial charge in [-0.1, -0.05) is 38.0 Å². The van der Waals surface area contributed by atoms with Crippen LogP contribution in [0.1, 0.15) is 86.6 Å². The molecule has 1 aromatic carbocycles. The van der Waals surface area contributed by atoms with Crippen LogP contribution in [0.25, 0.3) is 11.0 Å². The van der Waals surface area contributed by atoms with E-state index in [1.807, 2.05) is 19.1 Å². The fourth-order valence-electron chi connectivity index (χ4n) is 7.14. The molecule has 4 heterocycles. The Hall–Kier alpha value is -5.06. The maximum Gasteiger partial charge on any atom is 0.272 e. The lowest BCUT2D eigenvalue weighted by atomic mass is 10.0. The molecule has 0 bridgehead atoms. The van der Waals surface area contributed by atoms with Gasteiger partial charge in [0.05, 0.1) is 29.2 Å². The van der Waals surface area contributed by atoms with E-state index in [0.717, 1.165) is 12.8 Å². The van der Waals surface area contributed by atoms with Crippen molar-refractivity contribution in [2.24, 2.45) is 5.92 Å². The monoisotopic (exact) mass is 762 g/mol. The van der Waals surface area contributed by atoms with Crippen molar-refractivity contribution >= 4 is 44.7 Å². The summed E-state index contributed by atoms with van der Waals surface area (Å²) >= 11 is 0. The van der Waals surface area contributed by atoms with Gasteiger partial charge < -0.3 is 20.3 Å². The molecular formula is C37H43FN8O7S. The van der Waals surface area contributed by atoms with E-state index in [0.29, 0.717) is 49.0 Å². The fraction of sp³-hybridized carbons (Fsp3) is 0.514. The maximum atomic E-state index is 14.8. The van der Waals surface area contributed by atoms with E-state index in [9.17, 15) is 32.0 Å². The molecule has 2 aromatic heterocycles. The average Bonchev–Trinajstić information content (AvgIpc) is 4.07. The molecule has 4 aliphatic rings. The highest BCUT2D eigenvalue weighted by molar-refractivity contribution is 7.91. The largest absolute Gasteiger partial charge is 0.471 e. The van der Waals surface area contributed by atoms with Crippen LogP contribution in [-0.2, 0) is 30.8 Å². The van der Waals surface area contributed by atoms with Gasteiger partial charge >= 0.3 is 0 Å². The molecule has 3 fully saturated rings. The number of halogens is 1. The zero-order valence-electron chi connectivity index (χ0n) is 30.1. The zero-order chi connectivity index (χ0) is 38.2. The highest BCUT2D eigenvalue weighted by atomic mass is 32.2. The number of carbonyl (C=O) groups excluding carboxylic acids is 4. The van der Waals surface area contributed by atoms with Crippen molar-refractivity contribution in [2.75, 3.05) is 6.54 Å². The second-order valence-electron chi connectivity index (χ2n) is 14.5. The standard InChI is InChI=1S/C37H43FN8O7S/c1-3-26-34(43-31-25(38)11-9-13-27(31)41-26)53-23-16-30-33(48)44-37(36(50)45-54(51,52)24-14-15-24)17-22(37)10-7-5-4-6-8-12-28(35(49)46(30)20-23)42-32(47)29-19-39-21(2)18-40-29/h7,9-11,13,18-19,22-24,28,30H,3-6,8,12,14-17,20H2,1-2H3,(H,42,47)(H,44,48)(H,45,50)/b10-7-. The summed E-state index contributed by atoms with van der Waals surface area (Å²) in [6.07, 6.45) is 10.2. The third kappa shape index (κ3) is 7.77. The van der Waals surface area contributed by atoms with E-state index in [2.05, 4.69) is 35.3 Å². The van der Waals surface area contributed by atoms with Crippen LogP contribution in [-0.4, -0.2) is 92.4 Å². The number of sulfonamides is 1. The first kappa shape index (κ1) is 37.3. The van der Waals surface area contributed by atoms with Crippen LogP contribution in [0, 0.1) is 18.7 Å². The van der Waals surface area contributed by atoms with Crippen molar-refractivity contribution in [1.82, 2.24) is 40.2 Å². The van der Waals surface area contributed by atoms with Crippen LogP contribution in [0.4, 0.5) is 4.39 Å². The molecule has 286 valence electrons. The second-order valence-corrected chi connectivity index (χ2v) is 16.5. The lowest BCUT2D eigenvalue weighted by Crippen LogP contribution is -2.58. The number of aryl methyl sites for hydroxylation is 2. The molecule has 0 spiro atoms. The summed E-state index contributed by atoms with van der Waals surface area (Å²) in [4.78, 5) is 74.5. The minimum atomic E-state index is -3.92. The zero-order valence-corrected chi connectivity index (χ0v) is 30.9. The summed E-state index contributed by atoms with van der Waals surface area (Å²) in [7, 11) is -3.92. The quantitative estimate of drug-likeness (QED) is 0.285. The van der Waals surface area contributed by atoms with Crippen molar-refractivity contribution < 1.29 is 36.7 Å². The number of hydrogen-bond acceptors (Lipinski definition) is 11. The lowest BCUT2D eigenvalue weighted by Gasteiger charge is -2.29. The number of hydrogen-bond donors (Lipinski definition) is 3. The molecule has 4 amide bonds. The number of benzene rings is 1. The number of aromatic nitrogens is 4. The van der Waals surface area contributed by atoms with Gasteiger partial charge in [-0.25, -0.2) is 27.8 Å². The van der Waals surface area contributed by atoms with Gasteiger partial charge in [0, 0.05) is 18.5 Å². The molecule has 1 saturated heterocycles. The third-order valence-electron chi connectivity index (χ3n) is 10.5. The van der Waals surface area contributed by atoms with Gasteiger partial charge in [-0.2, -0.15) is 0 Å². The van der Waals surface area contributed by atoms with E-state index >= 15 is 0 Å². The van der Waals surface area contributed by atoms with Gasteiger partial charge in [0.15, 0.2) is 5.82 Å². The van der Waals surface area contributed by atoms with Gasteiger partial charge in [-0.15, -0.1) is 0 Å². The topological polar surface area (TPSA) is 203 Å². The molecule has 3 N–H and O–H groups in total. The Morgan fingerprint density at radius 1 is 1.09 bits per heavy atom. The van der Waals surface area contributed by atoms with Gasteiger partial charge in [0.1, 0.15) is 40.6 Å². The smallest absolute Gasteiger partial charge is 0.272 e. The maximum absolute atomic E-state index is 14.8. The summed E-state index contributed by atoms with van der Waals surface area (Å²) in [5.74, 6) is -3.64. The third-order valence-corrected chi connectivity index (χ3v) is 12.3. The molecule has 2 aliphatic heterocycles. The van der Waals surface area contributed by atoms with Crippen molar-refractivity contribution in [2.45, 2.75) is 107 Å². The number of carbonyl (C=O) groups is 4. The molecule has 17 heteroatoms. The lowest BCUT2D eigenvalue weighted by molar-refractivity contribution is -0.141. The fourth-order valence-corrected chi connectivity index (χ4v) is 8.50. The summed E-state index contributed by atoms with van der Waals surface area (Å²) in [6, 6.07) is 2.21. The number of amides is 4. The highest BCUT2D eigenvalue weighted by Gasteiger charge is 2.62. The van der Waals surface area contributed by atoms with Crippen LogP contribution >= 0.6 is 0 Å². The number of fused-ring (bicyclic) bond motifs is 3. The Balaban J connectivity index is 1.21. The average molecular weight is 763 g/mol. The first-order valence-corrected chi connectivity index (χ1v) is 20.0. The Morgan fingerprint density at radius 3 is 2.65 bits per heavy atom. The minimum absolute atomic E-state index is 0.00952. The van der Waals surface area contributed by atoms with Crippen molar-refractivity contribution in [3.8, 4) is 5.88 Å². The van der Waals surface area contributed by atoms with Crippen LogP contribution in [0.2, 0.25) is 0 Å². The van der Waals surface area contributed by atoms with Crippen LogP contribution in [0.15, 0.2) is 42.7 Å². The first-order valence-electron chi connectivity index (χ1n) is 18.4. The number of allylic oxidation sites excluding steroid dienone is 1.